The smallest absolute Gasteiger partial charge is 0.187 e. The molecule has 0 bridgehead atoms. The predicted octanol–water partition coefficient (Wildman–Crippen LogP) is -9.89. The van der Waals surface area contributed by atoms with Gasteiger partial charge in [-0.1, -0.05) is 0 Å². The van der Waals surface area contributed by atoms with Crippen LogP contribution in [0.25, 0.3) is 0 Å². The maximum absolute atomic E-state index is 11.1. The SMILES string of the molecule is NCC1OC(OC2C(CO)OC(OC3C(O)C(N)C(O)C(N)C3OC3OC(CO)C(O)C(O)C3N)C2O)C(N)C(O)C1O. The second-order valence-corrected chi connectivity index (χ2v) is 11.3. The molecular weight excluding hydrogens is 586 g/mol. The first-order chi connectivity index (χ1) is 20.3. The van der Waals surface area contributed by atoms with E-state index in [-0.39, 0.29) is 6.54 Å². The molecule has 0 radical (unpaired) electrons. The molecule has 20 unspecified atom stereocenters. The predicted molar refractivity (Wildman–Crippen MR) is 138 cm³/mol. The van der Waals surface area contributed by atoms with Crippen LogP contribution in [0.4, 0.5) is 0 Å². The van der Waals surface area contributed by atoms with Crippen molar-refractivity contribution in [2.45, 2.75) is 122 Å². The molecule has 0 spiro atoms. The zero-order valence-corrected chi connectivity index (χ0v) is 23.0. The van der Waals surface area contributed by atoms with Crippen LogP contribution < -0.4 is 28.7 Å². The maximum Gasteiger partial charge on any atom is 0.187 e. The zero-order valence-electron chi connectivity index (χ0n) is 23.0. The molecule has 1 aliphatic carbocycles. The summed E-state index contributed by atoms with van der Waals surface area (Å²) in [6.07, 6.45) is -23.5. The van der Waals surface area contributed by atoms with Gasteiger partial charge in [-0.05, 0) is 0 Å². The van der Waals surface area contributed by atoms with Crippen LogP contribution in [-0.4, -0.2) is 188 Å². The summed E-state index contributed by atoms with van der Waals surface area (Å²) in [5.41, 5.74) is 29.6. The van der Waals surface area contributed by atoms with Gasteiger partial charge < -0.3 is 103 Å². The zero-order chi connectivity index (χ0) is 31.9. The van der Waals surface area contributed by atoms with Gasteiger partial charge in [-0.25, -0.2) is 0 Å². The Bertz CT molecular complexity index is 898. The van der Waals surface area contributed by atoms with Crippen molar-refractivity contribution in [3.05, 3.63) is 0 Å². The van der Waals surface area contributed by atoms with Crippen molar-refractivity contribution >= 4 is 0 Å². The average Bonchev–Trinajstić information content (AvgIpc) is 3.29. The van der Waals surface area contributed by atoms with E-state index in [0.717, 1.165) is 0 Å². The van der Waals surface area contributed by atoms with Gasteiger partial charge in [0.15, 0.2) is 18.9 Å². The summed E-state index contributed by atoms with van der Waals surface area (Å²) in [5.74, 6) is 0. The van der Waals surface area contributed by atoms with Crippen molar-refractivity contribution in [3.8, 4) is 0 Å². The molecule has 4 fully saturated rings. The molecule has 0 aromatic rings. The van der Waals surface area contributed by atoms with Crippen LogP contribution in [0.1, 0.15) is 0 Å². The van der Waals surface area contributed by atoms with Crippen LogP contribution in [0.2, 0.25) is 0 Å². The number of hydrogen-bond donors (Lipinski definition) is 14. The normalized spacial score (nSPS) is 54.6. The Morgan fingerprint density at radius 2 is 0.907 bits per heavy atom. The van der Waals surface area contributed by atoms with Gasteiger partial charge in [0.2, 0.25) is 0 Å². The Morgan fingerprint density at radius 3 is 1.44 bits per heavy atom. The van der Waals surface area contributed by atoms with Crippen LogP contribution >= 0.6 is 0 Å². The van der Waals surface area contributed by atoms with E-state index in [9.17, 15) is 46.0 Å². The van der Waals surface area contributed by atoms with Crippen molar-refractivity contribution < 1.29 is 74.4 Å². The molecule has 4 aliphatic rings. The third kappa shape index (κ3) is 6.70. The van der Waals surface area contributed by atoms with E-state index in [4.69, 9.17) is 57.1 Å². The Labute approximate surface area is 245 Å². The van der Waals surface area contributed by atoms with Crippen LogP contribution in [0.5, 0.6) is 0 Å². The van der Waals surface area contributed by atoms with E-state index in [1.54, 1.807) is 0 Å². The number of nitrogens with two attached hydrogens (primary N) is 5. The minimum Gasteiger partial charge on any atom is -0.394 e. The average molecular weight is 632 g/mol. The molecule has 19 N–H and O–H groups in total. The highest BCUT2D eigenvalue weighted by atomic mass is 16.8. The van der Waals surface area contributed by atoms with Crippen LogP contribution in [0, 0.1) is 0 Å². The number of aliphatic hydroxyl groups excluding tert-OH is 9. The third-order valence-corrected chi connectivity index (χ3v) is 8.48. The Balaban J connectivity index is 1.52. The van der Waals surface area contributed by atoms with Gasteiger partial charge in [0.05, 0.1) is 43.5 Å². The molecule has 3 heterocycles. The summed E-state index contributed by atoms with van der Waals surface area (Å²) in [7, 11) is 0. The first-order valence-corrected chi connectivity index (χ1v) is 13.9. The quantitative estimate of drug-likeness (QED) is 0.112. The molecule has 0 aromatic carbocycles. The van der Waals surface area contributed by atoms with E-state index in [2.05, 4.69) is 0 Å². The molecule has 1 saturated carbocycles. The fraction of sp³-hybridized carbons (Fsp3) is 1.00. The minimum atomic E-state index is -1.69. The van der Waals surface area contributed by atoms with Gasteiger partial charge in [0.25, 0.3) is 0 Å². The molecule has 43 heavy (non-hydrogen) atoms. The van der Waals surface area contributed by atoms with E-state index in [0.29, 0.717) is 0 Å². The molecule has 20 atom stereocenters. The third-order valence-electron chi connectivity index (χ3n) is 8.48. The number of aliphatic hydroxyl groups is 9. The Hall–Kier alpha value is -0.800. The number of hydrogen-bond acceptors (Lipinski definition) is 20. The molecule has 3 aliphatic heterocycles. The van der Waals surface area contributed by atoms with Gasteiger partial charge in [-0.2, -0.15) is 0 Å². The summed E-state index contributed by atoms with van der Waals surface area (Å²) < 4.78 is 34.1. The van der Waals surface area contributed by atoms with Gasteiger partial charge in [0, 0.05) is 6.54 Å². The van der Waals surface area contributed by atoms with Crippen molar-refractivity contribution in [2.24, 2.45) is 28.7 Å². The van der Waals surface area contributed by atoms with Gasteiger partial charge in [-0.3, -0.25) is 0 Å². The van der Waals surface area contributed by atoms with Crippen LogP contribution in [-0.2, 0) is 28.4 Å². The van der Waals surface area contributed by atoms with Gasteiger partial charge in [-0.15, -0.1) is 0 Å². The van der Waals surface area contributed by atoms with E-state index in [1.807, 2.05) is 0 Å². The lowest BCUT2D eigenvalue weighted by molar-refractivity contribution is -0.315. The minimum absolute atomic E-state index is 0.194. The highest BCUT2D eigenvalue weighted by molar-refractivity contribution is 5.06. The standard InChI is InChI=1S/C23H45N5O15/c24-1-4-11(31)14(34)9(27)21(38-4)41-18-6(3-30)40-23(17(18)37)43-20-16(36)7(25)13(33)8(26)19(20)42-22-10(28)15(35)12(32)5(2-29)39-22/h4-23,29-37H,1-3,24-28H2. The van der Waals surface area contributed by atoms with Gasteiger partial charge in [0.1, 0.15) is 73.2 Å². The largest absolute Gasteiger partial charge is 0.394 e. The Morgan fingerprint density at radius 1 is 0.442 bits per heavy atom. The fourth-order valence-electron chi connectivity index (χ4n) is 5.70. The molecule has 20 nitrogen and oxygen atoms in total. The first kappa shape index (κ1) is 35.1. The van der Waals surface area contributed by atoms with Crippen LogP contribution in [0.3, 0.4) is 0 Å². The van der Waals surface area contributed by atoms with E-state index in [1.165, 1.54) is 0 Å². The second-order valence-electron chi connectivity index (χ2n) is 11.3. The monoisotopic (exact) mass is 631 g/mol. The molecule has 0 amide bonds. The molecule has 0 aromatic heterocycles. The van der Waals surface area contributed by atoms with Gasteiger partial charge >= 0.3 is 0 Å². The van der Waals surface area contributed by atoms with Crippen molar-refractivity contribution in [2.75, 3.05) is 19.8 Å². The highest BCUT2D eigenvalue weighted by Gasteiger charge is 2.56. The fourth-order valence-corrected chi connectivity index (χ4v) is 5.70. The summed E-state index contributed by atoms with van der Waals surface area (Å²) in [5, 5.41) is 92.9. The summed E-state index contributed by atoms with van der Waals surface area (Å²) in [6.45, 7) is -1.60. The lowest BCUT2D eigenvalue weighted by atomic mass is 9.82. The Kier molecular flexibility index (Phi) is 11.7. The van der Waals surface area contributed by atoms with E-state index < -0.39 is 136 Å². The van der Waals surface area contributed by atoms with Crippen molar-refractivity contribution in [1.82, 2.24) is 0 Å². The molecule has 252 valence electrons. The maximum atomic E-state index is 11.1. The topological polar surface area (TPSA) is 368 Å². The van der Waals surface area contributed by atoms with Crippen molar-refractivity contribution in [1.29, 1.82) is 0 Å². The lowest BCUT2D eigenvalue weighted by Crippen LogP contribution is -2.72. The molecule has 4 rings (SSSR count). The van der Waals surface area contributed by atoms with E-state index >= 15 is 0 Å². The summed E-state index contributed by atoms with van der Waals surface area (Å²) in [4.78, 5) is 0. The summed E-state index contributed by atoms with van der Waals surface area (Å²) in [6, 6.07) is -5.38. The molecule has 20 heteroatoms. The second kappa shape index (κ2) is 14.3. The number of ether oxygens (including phenoxy) is 6. The first-order valence-electron chi connectivity index (χ1n) is 13.9. The molecular formula is C23H45N5O15. The lowest BCUT2D eigenvalue weighted by Gasteiger charge is -2.48. The number of rotatable bonds is 9. The highest BCUT2D eigenvalue weighted by Crippen LogP contribution is 2.34. The molecule has 3 saturated heterocycles. The summed E-state index contributed by atoms with van der Waals surface area (Å²) >= 11 is 0. The van der Waals surface area contributed by atoms with Crippen molar-refractivity contribution in [3.63, 3.8) is 0 Å². The van der Waals surface area contributed by atoms with Crippen LogP contribution in [0.15, 0.2) is 0 Å².